The van der Waals surface area contributed by atoms with Gasteiger partial charge in [0.15, 0.2) is 0 Å². The Kier molecular flexibility index (Phi) is 4.55. The van der Waals surface area contributed by atoms with E-state index < -0.39 is 0 Å². The lowest BCUT2D eigenvalue weighted by Gasteiger charge is -2.34. The minimum atomic E-state index is 0.377. The Hall–Kier alpha value is -1.81. The van der Waals surface area contributed by atoms with Gasteiger partial charge in [0.2, 0.25) is 0 Å². The van der Waals surface area contributed by atoms with Crippen molar-refractivity contribution in [1.29, 1.82) is 0 Å². The normalized spacial score (nSPS) is 19.6. The fraction of sp³-hybridized carbons (Fsp3) is 0.471. The van der Waals surface area contributed by atoms with E-state index in [1.807, 2.05) is 30.9 Å². The van der Waals surface area contributed by atoms with E-state index in [9.17, 15) is 0 Å². The summed E-state index contributed by atoms with van der Waals surface area (Å²) in [6.45, 7) is 4.34. The van der Waals surface area contributed by atoms with Crippen molar-refractivity contribution in [2.75, 3.05) is 13.1 Å². The number of hydrogen-bond donors (Lipinski definition) is 0. The Balaban J connectivity index is 1.69. The number of aromatic nitrogens is 3. The molecule has 0 amide bonds. The predicted octanol–water partition coefficient (Wildman–Crippen LogP) is 2.95. The van der Waals surface area contributed by atoms with Gasteiger partial charge in [0.25, 0.3) is 0 Å². The second-order valence-corrected chi connectivity index (χ2v) is 5.71. The standard InChI is InChI=1S/C17H22N4/c1-14-13-18-10-6-15(14)7-12-21-11-3-2-5-16(21)17-19-8-4-9-20-17/h4,6,8-10,13,16H,2-3,5,7,11-12H2,1H3. The molecule has 1 atom stereocenters. The smallest absolute Gasteiger partial charge is 0.145 e. The molecular formula is C17H22N4. The van der Waals surface area contributed by atoms with Crippen molar-refractivity contribution in [2.24, 2.45) is 0 Å². The van der Waals surface area contributed by atoms with Crippen LogP contribution in [-0.2, 0) is 6.42 Å². The third kappa shape index (κ3) is 3.45. The molecule has 0 aliphatic carbocycles. The average molecular weight is 282 g/mol. The predicted molar refractivity (Wildman–Crippen MR) is 82.9 cm³/mol. The molecule has 21 heavy (non-hydrogen) atoms. The maximum absolute atomic E-state index is 4.46. The van der Waals surface area contributed by atoms with Crippen molar-refractivity contribution in [3.63, 3.8) is 0 Å². The molecule has 4 heteroatoms. The van der Waals surface area contributed by atoms with Crippen LogP contribution in [0.3, 0.4) is 0 Å². The highest BCUT2D eigenvalue weighted by Gasteiger charge is 2.25. The Labute approximate surface area is 126 Å². The summed E-state index contributed by atoms with van der Waals surface area (Å²) >= 11 is 0. The van der Waals surface area contributed by atoms with Crippen LogP contribution in [0.5, 0.6) is 0 Å². The second kappa shape index (κ2) is 6.76. The van der Waals surface area contributed by atoms with Gasteiger partial charge >= 0.3 is 0 Å². The van der Waals surface area contributed by atoms with Crippen LogP contribution in [0.25, 0.3) is 0 Å². The maximum atomic E-state index is 4.46. The van der Waals surface area contributed by atoms with Crippen LogP contribution >= 0.6 is 0 Å². The summed E-state index contributed by atoms with van der Waals surface area (Å²) in [4.78, 5) is 15.6. The molecule has 0 saturated carbocycles. The first kappa shape index (κ1) is 14.1. The molecular weight excluding hydrogens is 260 g/mol. The monoisotopic (exact) mass is 282 g/mol. The van der Waals surface area contributed by atoms with Gasteiger partial charge in [-0.2, -0.15) is 0 Å². The number of piperidine rings is 1. The Bertz CT molecular complexity index is 570. The van der Waals surface area contributed by atoms with Crippen molar-refractivity contribution in [3.8, 4) is 0 Å². The summed E-state index contributed by atoms with van der Waals surface area (Å²) in [5, 5.41) is 0. The van der Waals surface area contributed by atoms with Crippen molar-refractivity contribution < 1.29 is 0 Å². The third-order valence-corrected chi connectivity index (χ3v) is 4.30. The van der Waals surface area contributed by atoms with Gasteiger partial charge in [0.1, 0.15) is 5.82 Å². The van der Waals surface area contributed by atoms with Gasteiger partial charge in [-0.05, 0) is 56.0 Å². The Morgan fingerprint density at radius 3 is 2.86 bits per heavy atom. The number of hydrogen-bond acceptors (Lipinski definition) is 4. The zero-order chi connectivity index (χ0) is 14.5. The molecule has 1 aliphatic heterocycles. The number of nitrogens with zero attached hydrogens (tertiary/aromatic N) is 4. The zero-order valence-corrected chi connectivity index (χ0v) is 12.6. The molecule has 110 valence electrons. The largest absolute Gasteiger partial charge is 0.293 e. The van der Waals surface area contributed by atoms with Crippen molar-refractivity contribution in [3.05, 3.63) is 53.9 Å². The fourth-order valence-corrected chi connectivity index (χ4v) is 3.08. The number of aryl methyl sites for hydroxylation is 1. The van der Waals surface area contributed by atoms with Crippen molar-refractivity contribution in [1.82, 2.24) is 19.9 Å². The van der Waals surface area contributed by atoms with E-state index in [1.54, 1.807) is 0 Å². The van der Waals surface area contributed by atoms with E-state index in [-0.39, 0.29) is 0 Å². The highest BCUT2D eigenvalue weighted by Crippen LogP contribution is 2.28. The summed E-state index contributed by atoms with van der Waals surface area (Å²) in [5.41, 5.74) is 2.67. The third-order valence-electron chi connectivity index (χ3n) is 4.30. The molecule has 0 N–H and O–H groups in total. The number of likely N-dealkylation sites (tertiary alicyclic amines) is 1. The van der Waals surface area contributed by atoms with E-state index in [0.717, 1.165) is 25.3 Å². The van der Waals surface area contributed by atoms with Gasteiger partial charge in [-0.3, -0.25) is 9.88 Å². The fourth-order valence-electron chi connectivity index (χ4n) is 3.08. The summed E-state index contributed by atoms with van der Waals surface area (Å²) < 4.78 is 0. The molecule has 0 spiro atoms. The van der Waals surface area contributed by atoms with Crippen molar-refractivity contribution in [2.45, 2.75) is 38.6 Å². The second-order valence-electron chi connectivity index (χ2n) is 5.71. The van der Waals surface area contributed by atoms with E-state index in [0.29, 0.717) is 6.04 Å². The van der Waals surface area contributed by atoms with Crippen LogP contribution < -0.4 is 0 Å². The molecule has 1 fully saturated rings. The quantitative estimate of drug-likeness (QED) is 0.864. The highest BCUT2D eigenvalue weighted by molar-refractivity contribution is 5.21. The molecule has 1 unspecified atom stereocenters. The molecule has 1 aliphatic rings. The van der Waals surface area contributed by atoms with Gasteiger partial charge in [0.05, 0.1) is 6.04 Å². The van der Waals surface area contributed by atoms with Crippen LogP contribution in [0.15, 0.2) is 36.9 Å². The van der Waals surface area contributed by atoms with Crippen molar-refractivity contribution >= 4 is 0 Å². The molecule has 0 bridgehead atoms. The van der Waals surface area contributed by atoms with Crippen LogP contribution in [0.4, 0.5) is 0 Å². The van der Waals surface area contributed by atoms with E-state index >= 15 is 0 Å². The lowest BCUT2D eigenvalue weighted by atomic mass is 10.00. The van der Waals surface area contributed by atoms with E-state index in [4.69, 9.17) is 0 Å². The van der Waals surface area contributed by atoms with Crippen LogP contribution in [0.1, 0.15) is 42.3 Å². The minimum absolute atomic E-state index is 0.377. The molecule has 3 rings (SSSR count). The SMILES string of the molecule is Cc1cnccc1CCN1CCCCC1c1ncccn1. The molecule has 3 heterocycles. The van der Waals surface area contributed by atoms with E-state index in [1.165, 1.54) is 30.4 Å². The van der Waals surface area contributed by atoms with Gasteiger partial charge in [-0.15, -0.1) is 0 Å². The first-order valence-electron chi connectivity index (χ1n) is 7.75. The lowest BCUT2D eigenvalue weighted by molar-refractivity contribution is 0.143. The summed E-state index contributed by atoms with van der Waals surface area (Å²) in [6.07, 6.45) is 12.3. The topological polar surface area (TPSA) is 41.9 Å². The van der Waals surface area contributed by atoms with Crippen LogP contribution in [0.2, 0.25) is 0 Å². The first-order valence-corrected chi connectivity index (χ1v) is 7.75. The molecule has 2 aromatic rings. The number of rotatable bonds is 4. The Morgan fingerprint density at radius 2 is 2.05 bits per heavy atom. The molecule has 0 aromatic carbocycles. The molecule has 4 nitrogen and oxygen atoms in total. The van der Waals surface area contributed by atoms with Gasteiger partial charge in [-0.1, -0.05) is 6.42 Å². The maximum Gasteiger partial charge on any atom is 0.145 e. The minimum Gasteiger partial charge on any atom is -0.293 e. The average Bonchev–Trinajstić information content (AvgIpc) is 2.55. The van der Waals surface area contributed by atoms with Crippen LogP contribution in [-0.4, -0.2) is 32.9 Å². The highest BCUT2D eigenvalue weighted by atomic mass is 15.2. The van der Waals surface area contributed by atoms with Gasteiger partial charge < -0.3 is 0 Å². The lowest BCUT2D eigenvalue weighted by Crippen LogP contribution is -2.36. The first-order chi connectivity index (χ1) is 10.3. The van der Waals surface area contributed by atoms with Gasteiger partial charge in [-0.25, -0.2) is 9.97 Å². The summed E-state index contributed by atoms with van der Waals surface area (Å²) in [7, 11) is 0. The van der Waals surface area contributed by atoms with Gasteiger partial charge in [0, 0.05) is 31.3 Å². The molecule has 2 aromatic heterocycles. The van der Waals surface area contributed by atoms with Crippen LogP contribution in [0, 0.1) is 6.92 Å². The number of pyridine rings is 1. The summed E-state index contributed by atoms with van der Waals surface area (Å²) in [6, 6.07) is 4.40. The zero-order valence-electron chi connectivity index (χ0n) is 12.6. The molecule has 0 radical (unpaired) electrons. The summed E-state index contributed by atoms with van der Waals surface area (Å²) in [5.74, 6) is 0.976. The van der Waals surface area contributed by atoms with E-state index in [2.05, 4.69) is 32.8 Å². The Morgan fingerprint density at radius 1 is 1.19 bits per heavy atom. The molecule has 1 saturated heterocycles.